The van der Waals surface area contributed by atoms with E-state index in [0.29, 0.717) is 5.92 Å². The first-order chi connectivity index (χ1) is 9.72. The van der Waals surface area contributed by atoms with Crippen LogP contribution >= 0.6 is 15.9 Å². The number of likely N-dealkylation sites (N-methyl/N-ethyl adjacent to an activating group) is 1. The molecule has 3 rings (SSSR count). The lowest BCUT2D eigenvalue weighted by Crippen LogP contribution is -2.25. The van der Waals surface area contributed by atoms with Crippen LogP contribution in [0.4, 0.5) is 5.69 Å². The Labute approximate surface area is 128 Å². The maximum atomic E-state index is 3.49. The van der Waals surface area contributed by atoms with Gasteiger partial charge in [0.15, 0.2) is 0 Å². The fourth-order valence-electron chi connectivity index (χ4n) is 2.86. The molecule has 0 bridgehead atoms. The Kier molecular flexibility index (Phi) is 4.08. The van der Waals surface area contributed by atoms with E-state index in [4.69, 9.17) is 0 Å². The molecule has 0 saturated carbocycles. The third kappa shape index (κ3) is 3.05. The van der Waals surface area contributed by atoms with Gasteiger partial charge in [-0.25, -0.2) is 0 Å². The van der Waals surface area contributed by atoms with Gasteiger partial charge in [-0.05, 0) is 36.4 Å². The largest absolute Gasteiger partial charge is 0.384 e. The average Bonchev–Trinajstić information content (AvgIpc) is 2.85. The molecule has 1 aliphatic rings. The highest BCUT2D eigenvalue weighted by atomic mass is 79.9. The average molecular weight is 331 g/mol. The number of nitrogens with one attached hydrogen (secondary N) is 1. The van der Waals surface area contributed by atoms with E-state index >= 15 is 0 Å². The lowest BCUT2D eigenvalue weighted by atomic mass is 10.0. The molecular weight excluding hydrogens is 312 g/mol. The predicted molar refractivity (Wildman–Crippen MR) is 88.1 cm³/mol. The lowest BCUT2D eigenvalue weighted by molar-refractivity contribution is 0.309. The Morgan fingerprint density at radius 1 is 1.15 bits per heavy atom. The number of halogens is 1. The molecule has 0 amide bonds. The van der Waals surface area contributed by atoms with Gasteiger partial charge in [0.2, 0.25) is 0 Å². The normalized spacial score (nSPS) is 17.1. The Hall–Kier alpha value is -1.32. The van der Waals surface area contributed by atoms with E-state index in [0.717, 1.165) is 24.1 Å². The molecule has 1 aliphatic heterocycles. The van der Waals surface area contributed by atoms with Crippen LogP contribution in [0, 0.1) is 0 Å². The number of anilines is 1. The summed E-state index contributed by atoms with van der Waals surface area (Å²) in [5.41, 5.74) is 4.11. The SMILES string of the molecule is CN(Cc1ccc(Br)cc1)CC1CNc2ccccc21. The molecule has 0 radical (unpaired) electrons. The summed E-state index contributed by atoms with van der Waals surface area (Å²) in [6.45, 7) is 3.12. The van der Waals surface area contributed by atoms with E-state index in [9.17, 15) is 0 Å². The van der Waals surface area contributed by atoms with Crippen LogP contribution in [0.1, 0.15) is 17.0 Å². The first-order valence-corrected chi connectivity index (χ1v) is 7.77. The summed E-state index contributed by atoms with van der Waals surface area (Å²) < 4.78 is 1.14. The second-order valence-corrected chi connectivity index (χ2v) is 6.40. The predicted octanol–water partition coefficient (Wildman–Crippen LogP) is 4.09. The summed E-state index contributed by atoms with van der Waals surface area (Å²) in [5, 5.41) is 3.49. The number of rotatable bonds is 4. The molecule has 1 atom stereocenters. The molecule has 3 heteroatoms. The van der Waals surface area contributed by atoms with Crippen LogP contribution in [0.3, 0.4) is 0 Å². The van der Waals surface area contributed by atoms with Gasteiger partial charge in [-0.3, -0.25) is 0 Å². The molecule has 0 aliphatic carbocycles. The van der Waals surface area contributed by atoms with Crippen molar-refractivity contribution < 1.29 is 0 Å². The molecular formula is C17H19BrN2. The second kappa shape index (κ2) is 5.98. The Balaban J connectivity index is 1.62. The van der Waals surface area contributed by atoms with E-state index in [-0.39, 0.29) is 0 Å². The number of fused-ring (bicyclic) bond motifs is 1. The van der Waals surface area contributed by atoms with Crippen molar-refractivity contribution in [3.63, 3.8) is 0 Å². The summed E-state index contributed by atoms with van der Waals surface area (Å²) in [5.74, 6) is 0.589. The van der Waals surface area contributed by atoms with Gasteiger partial charge in [0.25, 0.3) is 0 Å². The van der Waals surface area contributed by atoms with Crippen LogP contribution < -0.4 is 5.32 Å². The van der Waals surface area contributed by atoms with Crippen LogP contribution in [0.25, 0.3) is 0 Å². The van der Waals surface area contributed by atoms with Gasteiger partial charge in [0, 0.05) is 35.7 Å². The Morgan fingerprint density at radius 2 is 1.90 bits per heavy atom. The summed E-state index contributed by atoms with van der Waals surface area (Å²) in [6, 6.07) is 17.2. The number of benzene rings is 2. The van der Waals surface area contributed by atoms with Crippen LogP contribution in [0.2, 0.25) is 0 Å². The topological polar surface area (TPSA) is 15.3 Å². The number of nitrogens with zero attached hydrogens (tertiary/aromatic N) is 1. The zero-order chi connectivity index (χ0) is 13.9. The summed E-state index contributed by atoms with van der Waals surface area (Å²) in [6.07, 6.45) is 0. The maximum Gasteiger partial charge on any atom is 0.0376 e. The Bertz CT molecular complexity index is 580. The summed E-state index contributed by atoms with van der Waals surface area (Å²) in [4.78, 5) is 2.40. The fraction of sp³-hybridized carbons (Fsp3) is 0.294. The number of hydrogen-bond donors (Lipinski definition) is 1. The number of hydrogen-bond acceptors (Lipinski definition) is 2. The van der Waals surface area contributed by atoms with E-state index in [1.807, 2.05) is 0 Å². The van der Waals surface area contributed by atoms with Gasteiger partial charge < -0.3 is 10.2 Å². The zero-order valence-corrected chi connectivity index (χ0v) is 13.2. The lowest BCUT2D eigenvalue weighted by Gasteiger charge is -2.21. The van der Waals surface area contributed by atoms with Crippen LogP contribution in [0.15, 0.2) is 53.0 Å². The smallest absolute Gasteiger partial charge is 0.0376 e. The van der Waals surface area contributed by atoms with Crippen molar-refractivity contribution in [3.05, 3.63) is 64.1 Å². The summed E-state index contributed by atoms with van der Waals surface area (Å²) >= 11 is 3.48. The van der Waals surface area contributed by atoms with Crippen molar-refractivity contribution in [1.82, 2.24) is 4.90 Å². The van der Waals surface area contributed by atoms with Crippen molar-refractivity contribution in [3.8, 4) is 0 Å². The molecule has 1 heterocycles. The van der Waals surface area contributed by atoms with Gasteiger partial charge in [0.05, 0.1) is 0 Å². The van der Waals surface area contributed by atoms with Crippen LogP contribution in [-0.2, 0) is 6.54 Å². The fourth-order valence-corrected chi connectivity index (χ4v) is 3.13. The quantitative estimate of drug-likeness (QED) is 0.908. The van der Waals surface area contributed by atoms with Crippen molar-refractivity contribution in [2.75, 3.05) is 25.5 Å². The second-order valence-electron chi connectivity index (χ2n) is 5.49. The van der Waals surface area contributed by atoms with Crippen molar-refractivity contribution in [1.29, 1.82) is 0 Å². The molecule has 1 unspecified atom stereocenters. The minimum absolute atomic E-state index is 0.589. The molecule has 0 aromatic heterocycles. The van der Waals surface area contributed by atoms with E-state index < -0.39 is 0 Å². The molecule has 0 spiro atoms. The summed E-state index contributed by atoms with van der Waals surface area (Å²) in [7, 11) is 2.20. The minimum Gasteiger partial charge on any atom is -0.384 e. The molecule has 0 fully saturated rings. The van der Waals surface area contributed by atoms with Crippen molar-refractivity contribution in [2.24, 2.45) is 0 Å². The van der Waals surface area contributed by atoms with Crippen LogP contribution in [-0.4, -0.2) is 25.0 Å². The monoisotopic (exact) mass is 330 g/mol. The van der Waals surface area contributed by atoms with E-state index in [1.165, 1.54) is 16.8 Å². The van der Waals surface area contributed by atoms with Gasteiger partial charge in [0.1, 0.15) is 0 Å². The van der Waals surface area contributed by atoms with E-state index in [2.05, 4.69) is 81.7 Å². The number of para-hydroxylation sites is 1. The van der Waals surface area contributed by atoms with Gasteiger partial charge in [-0.1, -0.05) is 46.3 Å². The molecule has 0 saturated heterocycles. The minimum atomic E-state index is 0.589. The molecule has 20 heavy (non-hydrogen) atoms. The third-order valence-electron chi connectivity index (χ3n) is 3.84. The first kappa shape index (κ1) is 13.7. The van der Waals surface area contributed by atoms with Gasteiger partial charge in [-0.15, -0.1) is 0 Å². The highest BCUT2D eigenvalue weighted by molar-refractivity contribution is 9.10. The van der Waals surface area contributed by atoms with Crippen molar-refractivity contribution in [2.45, 2.75) is 12.5 Å². The van der Waals surface area contributed by atoms with Gasteiger partial charge >= 0.3 is 0 Å². The zero-order valence-electron chi connectivity index (χ0n) is 11.6. The molecule has 2 nitrogen and oxygen atoms in total. The highest BCUT2D eigenvalue weighted by Crippen LogP contribution is 2.31. The molecule has 2 aromatic rings. The van der Waals surface area contributed by atoms with Gasteiger partial charge in [-0.2, -0.15) is 0 Å². The Morgan fingerprint density at radius 3 is 2.70 bits per heavy atom. The van der Waals surface area contributed by atoms with Crippen LogP contribution in [0.5, 0.6) is 0 Å². The highest BCUT2D eigenvalue weighted by Gasteiger charge is 2.22. The molecule has 104 valence electrons. The first-order valence-electron chi connectivity index (χ1n) is 6.98. The molecule has 2 aromatic carbocycles. The van der Waals surface area contributed by atoms with Crippen molar-refractivity contribution >= 4 is 21.6 Å². The van der Waals surface area contributed by atoms with E-state index in [1.54, 1.807) is 0 Å². The third-order valence-corrected chi connectivity index (χ3v) is 4.37. The molecule has 1 N–H and O–H groups in total. The standard InChI is InChI=1S/C17H19BrN2/c1-20(11-13-6-8-15(18)9-7-13)12-14-10-19-17-5-3-2-4-16(14)17/h2-9,14,19H,10-12H2,1H3. The maximum absolute atomic E-state index is 3.49.